The Hall–Kier alpha value is -1.95. The second kappa shape index (κ2) is 8.62. The van der Waals surface area contributed by atoms with E-state index in [1.165, 1.54) is 12.2 Å². The van der Waals surface area contributed by atoms with Crippen LogP contribution in [0.25, 0.3) is 11.3 Å². The maximum absolute atomic E-state index is 4.87. The highest BCUT2D eigenvalue weighted by Gasteiger charge is 2.18. The van der Waals surface area contributed by atoms with Crippen LogP contribution in [-0.4, -0.2) is 57.4 Å². The first-order valence-electron chi connectivity index (χ1n) is 9.91. The van der Waals surface area contributed by atoms with Gasteiger partial charge in [-0.3, -0.25) is 4.68 Å². The van der Waals surface area contributed by atoms with Crippen molar-refractivity contribution in [3.8, 4) is 11.3 Å². The molecule has 0 aromatic carbocycles. The summed E-state index contributed by atoms with van der Waals surface area (Å²) in [5, 5.41) is 4.51. The van der Waals surface area contributed by atoms with Gasteiger partial charge in [0.2, 0.25) is 5.95 Å². The summed E-state index contributed by atoms with van der Waals surface area (Å²) in [4.78, 5) is 14.3. The lowest BCUT2D eigenvalue weighted by Crippen LogP contribution is -2.33. The summed E-state index contributed by atoms with van der Waals surface area (Å²) in [6.45, 7) is 15.2. The summed E-state index contributed by atoms with van der Waals surface area (Å²) >= 11 is 0. The Labute approximate surface area is 157 Å². The number of nitrogens with zero attached hydrogens (tertiary/aromatic N) is 6. The van der Waals surface area contributed by atoms with E-state index in [1.54, 1.807) is 0 Å². The van der Waals surface area contributed by atoms with Gasteiger partial charge >= 0.3 is 0 Å². The third-order valence-corrected chi connectivity index (χ3v) is 4.95. The van der Waals surface area contributed by atoms with E-state index in [0.717, 1.165) is 62.8 Å². The van der Waals surface area contributed by atoms with Crippen molar-refractivity contribution in [1.82, 2.24) is 24.6 Å². The Balaban J connectivity index is 1.75. The lowest BCUT2D eigenvalue weighted by atomic mass is 10.2. The molecule has 1 saturated heterocycles. The number of anilines is 1. The minimum atomic E-state index is 0.712. The highest BCUT2D eigenvalue weighted by molar-refractivity contribution is 5.62. The molecule has 1 aliphatic heterocycles. The van der Waals surface area contributed by atoms with E-state index in [9.17, 15) is 0 Å². The number of hydrogen-bond donors (Lipinski definition) is 0. The standard InChI is InChI=1S/C20H32N6/c1-5-9-26-17(4)18(14-22-26)19-7-8-21-20(23-19)25-11-6-10-24(12-13-25)15-16(2)3/h7-8,14,16H,5-6,9-13,15H2,1-4H3. The van der Waals surface area contributed by atoms with Crippen LogP contribution in [0.4, 0.5) is 5.95 Å². The van der Waals surface area contributed by atoms with E-state index in [0.29, 0.717) is 5.92 Å². The van der Waals surface area contributed by atoms with Crippen LogP contribution < -0.4 is 4.90 Å². The zero-order valence-corrected chi connectivity index (χ0v) is 16.6. The molecule has 0 amide bonds. The van der Waals surface area contributed by atoms with Crippen molar-refractivity contribution in [3.63, 3.8) is 0 Å². The van der Waals surface area contributed by atoms with Crippen LogP contribution in [0.15, 0.2) is 18.5 Å². The molecule has 0 N–H and O–H groups in total. The van der Waals surface area contributed by atoms with Gasteiger partial charge in [-0.05, 0) is 38.3 Å². The third kappa shape index (κ3) is 4.41. The maximum atomic E-state index is 4.87. The molecule has 0 spiro atoms. The average molecular weight is 357 g/mol. The minimum Gasteiger partial charge on any atom is -0.339 e. The molecular weight excluding hydrogens is 324 g/mol. The lowest BCUT2D eigenvalue weighted by molar-refractivity contribution is 0.261. The molecule has 3 heterocycles. The summed E-state index contributed by atoms with van der Waals surface area (Å²) in [6.07, 6.45) is 6.06. The summed E-state index contributed by atoms with van der Waals surface area (Å²) in [6, 6.07) is 1.99. The molecule has 0 saturated carbocycles. The molecule has 0 atom stereocenters. The van der Waals surface area contributed by atoms with E-state index in [4.69, 9.17) is 4.98 Å². The molecule has 1 aliphatic rings. The van der Waals surface area contributed by atoms with Crippen molar-refractivity contribution in [2.75, 3.05) is 37.6 Å². The molecule has 6 heteroatoms. The monoisotopic (exact) mass is 356 g/mol. The molecule has 0 bridgehead atoms. The van der Waals surface area contributed by atoms with E-state index >= 15 is 0 Å². The summed E-state index contributed by atoms with van der Waals surface area (Å²) in [5.41, 5.74) is 3.26. The van der Waals surface area contributed by atoms with Gasteiger partial charge in [-0.1, -0.05) is 20.8 Å². The van der Waals surface area contributed by atoms with Crippen molar-refractivity contribution in [2.24, 2.45) is 5.92 Å². The normalized spacial score (nSPS) is 16.3. The second-order valence-electron chi connectivity index (χ2n) is 7.64. The van der Waals surface area contributed by atoms with Gasteiger partial charge in [0.1, 0.15) is 0 Å². The van der Waals surface area contributed by atoms with Crippen molar-refractivity contribution in [2.45, 2.75) is 47.1 Å². The quantitative estimate of drug-likeness (QED) is 0.795. The molecule has 2 aromatic heterocycles. The number of hydrogen-bond acceptors (Lipinski definition) is 5. The smallest absolute Gasteiger partial charge is 0.225 e. The highest BCUT2D eigenvalue weighted by Crippen LogP contribution is 2.23. The molecule has 3 rings (SSSR count). The number of aromatic nitrogens is 4. The highest BCUT2D eigenvalue weighted by atomic mass is 15.3. The summed E-state index contributed by atoms with van der Waals surface area (Å²) in [7, 11) is 0. The fraction of sp³-hybridized carbons (Fsp3) is 0.650. The number of aryl methyl sites for hydroxylation is 1. The van der Waals surface area contributed by atoms with Gasteiger partial charge in [-0.15, -0.1) is 0 Å². The van der Waals surface area contributed by atoms with Crippen molar-refractivity contribution in [3.05, 3.63) is 24.2 Å². The summed E-state index contributed by atoms with van der Waals surface area (Å²) in [5.74, 6) is 1.56. The molecular formula is C20H32N6. The summed E-state index contributed by atoms with van der Waals surface area (Å²) < 4.78 is 2.06. The molecule has 1 fully saturated rings. The van der Waals surface area contributed by atoms with Gasteiger partial charge < -0.3 is 9.80 Å². The predicted molar refractivity (Wildman–Crippen MR) is 106 cm³/mol. The van der Waals surface area contributed by atoms with Crippen molar-refractivity contribution >= 4 is 5.95 Å². The minimum absolute atomic E-state index is 0.712. The van der Waals surface area contributed by atoms with E-state index in [-0.39, 0.29) is 0 Å². The Morgan fingerprint density at radius 3 is 2.77 bits per heavy atom. The largest absolute Gasteiger partial charge is 0.339 e. The molecule has 142 valence electrons. The Bertz CT molecular complexity index is 708. The zero-order valence-electron chi connectivity index (χ0n) is 16.6. The first-order valence-corrected chi connectivity index (χ1v) is 9.91. The number of rotatable bonds is 6. The molecule has 2 aromatic rings. The topological polar surface area (TPSA) is 50.1 Å². The van der Waals surface area contributed by atoms with Crippen LogP contribution in [-0.2, 0) is 6.54 Å². The average Bonchev–Trinajstić information content (AvgIpc) is 2.83. The molecule has 0 unspecified atom stereocenters. The van der Waals surface area contributed by atoms with Crippen LogP contribution in [0.1, 0.15) is 39.3 Å². The molecule has 0 aliphatic carbocycles. The van der Waals surface area contributed by atoms with Gasteiger partial charge in [0.05, 0.1) is 11.9 Å². The second-order valence-corrected chi connectivity index (χ2v) is 7.64. The van der Waals surface area contributed by atoms with Crippen LogP contribution >= 0.6 is 0 Å². The fourth-order valence-electron chi connectivity index (χ4n) is 3.66. The molecule has 0 radical (unpaired) electrons. The van der Waals surface area contributed by atoms with E-state index in [1.807, 2.05) is 18.5 Å². The van der Waals surface area contributed by atoms with Gasteiger partial charge in [-0.25, -0.2) is 9.97 Å². The third-order valence-electron chi connectivity index (χ3n) is 4.95. The lowest BCUT2D eigenvalue weighted by Gasteiger charge is -2.23. The van der Waals surface area contributed by atoms with Crippen LogP contribution in [0.5, 0.6) is 0 Å². The first kappa shape index (κ1) is 18.8. The molecule has 6 nitrogen and oxygen atoms in total. The Morgan fingerprint density at radius 1 is 1.15 bits per heavy atom. The van der Waals surface area contributed by atoms with Crippen molar-refractivity contribution in [1.29, 1.82) is 0 Å². The van der Waals surface area contributed by atoms with E-state index < -0.39 is 0 Å². The maximum Gasteiger partial charge on any atom is 0.225 e. The SMILES string of the molecule is CCCn1ncc(-c2ccnc(N3CCCN(CC(C)C)CC3)n2)c1C. The van der Waals surface area contributed by atoms with E-state index in [2.05, 4.69) is 52.3 Å². The van der Waals surface area contributed by atoms with Crippen molar-refractivity contribution < 1.29 is 0 Å². The Kier molecular flexibility index (Phi) is 6.25. The molecule has 26 heavy (non-hydrogen) atoms. The van der Waals surface area contributed by atoms with Gasteiger partial charge in [0.25, 0.3) is 0 Å². The first-order chi connectivity index (χ1) is 12.6. The van der Waals surface area contributed by atoms with Gasteiger partial charge in [0, 0.05) is 50.2 Å². The van der Waals surface area contributed by atoms with Crippen LogP contribution in [0.3, 0.4) is 0 Å². The predicted octanol–water partition coefficient (Wildman–Crippen LogP) is 3.23. The Morgan fingerprint density at radius 2 is 2.00 bits per heavy atom. The fourth-order valence-corrected chi connectivity index (χ4v) is 3.66. The van der Waals surface area contributed by atoms with Gasteiger partial charge in [-0.2, -0.15) is 5.10 Å². The van der Waals surface area contributed by atoms with Crippen LogP contribution in [0, 0.1) is 12.8 Å². The van der Waals surface area contributed by atoms with Crippen LogP contribution in [0.2, 0.25) is 0 Å². The zero-order chi connectivity index (χ0) is 18.5. The van der Waals surface area contributed by atoms with Gasteiger partial charge in [0.15, 0.2) is 0 Å².